The molecule has 0 spiro atoms. The smallest absolute Gasteiger partial charge is 0.310 e. The minimum atomic E-state index is -0.420. The Morgan fingerprint density at radius 1 is 0.612 bits per heavy atom. The zero-order chi connectivity index (χ0) is 36.9. The van der Waals surface area contributed by atoms with E-state index in [9.17, 15) is 24.0 Å². The number of fused-ring (bicyclic) bond motifs is 3. The van der Waals surface area contributed by atoms with Crippen molar-refractivity contribution in [1.29, 1.82) is 0 Å². The van der Waals surface area contributed by atoms with E-state index in [4.69, 9.17) is 14.2 Å². The fraction of sp³-hybridized carbons (Fsp3) is 0.825. The predicted molar refractivity (Wildman–Crippen MR) is 191 cm³/mol. The maximum atomic E-state index is 11.9. The number of carbonyl (C=O) groups is 5. The minimum Gasteiger partial charge on any atom is -0.460 e. The molecule has 0 heterocycles. The molecule has 0 aromatic heterocycles. The van der Waals surface area contributed by atoms with Crippen LogP contribution in [0, 0.1) is 53.3 Å². The van der Waals surface area contributed by atoms with Gasteiger partial charge in [-0.2, -0.15) is 0 Å². The maximum absolute atomic E-state index is 11.9. The second-order valence-corrected chi connectivity index (χ2v) is 17.9. The van der Waals surface area contributed by atoms with E-state index in [0.29, 0.717) is 48.7 Å². The fourth-order valence-electron chi connectivity index (χ4n) is 8.32. The van der Waals surface area contributed by atoms with E-state index in [1.807, 2.05) is 68.4 Å². The molecule has 2 radical (unpaired) electrons. The molecule has 9 heteroatoms. The first-order valence-electron chi connectivity index (χ1n) is 18.7. The quantitative estimate of drug-likeness (QED) is 0.168. The van der Waals surface area contributed by atoms with Gasteiger partial charge in [-0.1, -0.05) is 32.2 Å². The Bertz CT molecular complexity index is 1220. The highest BCUT2D eigenvalue weighted by atomic mass is 16.6. The molecule has 0 aromatic carbocycles. The average molecular weight is 683 g/mol. The Balaban J connectivity index is 0.000000194. The Morgan fingerprint density at radius 2 is 1.06 bits per heavy atom. The highest BCUT2D eigenvalue weighted by Crippen LogP contribution is 2.51. The molecule has 0 saturated heterocycles. The van der Waals surface area contributed by atoms with Gasteiger partial charge in [-0.15, -0.1) is 0 Å². The maximum Gasteiger partial charge on any atom is 0.310 e. The molecule has 0 aliphatic heterocycles. The van der Waals surface area contributed by atoms with Gasteiger partial charge in [-0.25, -0.2) is 0 Å². The number of esters is 3. The molecular formula is C40H63BO8. The molecule has 5 fully saturated rings. The molecular weight excluding hydrogens is 619 g/mol. The van der Waals surface area contributed by atoms with Gasteiger partial charge in [0.25, 0.3) is 0 Å². The lowest BCUT2D eigenvalue weighted by atomic mass is 9.58. The lowest BCUT2D eigenvalue weighted by Crippen LogP contribution is -2.47. The molecule has 0 amide bonds. The molecule has 0 aromatic rings. The molecule has 6 rings (SSSR count). The molecule has 9 atom stereocenters. The summed E-state index contributed by atoms with van der Waals surface area (Å²) >= 11 is 0. The normalized spacial score (nSPS) is 32.7. The summed E-state index contributed by atoms with van der Waals surface area (Å²) < 4.78 is 16.2. The molecule has 6 aliphatic carbocycles. The highest BCUT2D eigenvalue weighted by Gasteiger charge is 2.50. The molecule has 0 unspecified atom stereocenters. The van der Waals surface area contributed by atoms with Gasteiger partial charge in [0.05, 0.1) is 25.6 Å². The molecule has 5 saturated carbocycles. The summed E-state index contributed by atoms with van der Waals surface area (Å²) in [7, 11) is 4.50. The van der Waals surface area contributed by atoms with Gasteiger partial charge >= 0.3 is 17.9 Å². The van der Waals surface area contributed by atoms with Crippen molar-refractivity contribution in [2.75, 3.05) is 0 Å². The third kappa shape index (κ3) is 11.8. The first-order valence-corrected chi connectivity index (χ1v) is 18.7. The van der Waals surface area contributed by atoms with Crippen molar-refractivity contribution in [2.24, 2.45) is 53.3 Å². The van der Waals surface area contributed by atoms with Crippen LogP contribution in [-0.4, -0.2) is 54.1 Å². The van der Waals surface area contributed by atoms with E-state index in [-0.39, 0.29) is 53.0 Å². The van der Waals surface area contributed by atoms with Crippen molar-refractivity contribution in [3.05, 3.63) is 12.2 Å². The number of hydrogen-bond acceptors (Lipinski definition) is 8. The summed E-state index contributed by atoms with van der Waals surface area (Å²) in [5.74, 6) is 3.59. The van der Waals surface area contributed by atoms with Crippen molar-refractivity contribution < 1.29 is 38.2 Å². The Kier molecular flexibility index (Phi) is 14.0. The van der Waals surface area contributed by atoms with E-state index in [0.717, 1.165) is 31.6 Å². The summed E-state index contributed by atoms with van der Waals surface area (Å²) in [5, 5.41) is 0. The van der Waals surface area contributed by atoms with Crippen molar-refractivity contribution in [1.82, 2.24) is 0 Å². The van der Waals surface area contributed by atoms with Gasteiger partial charge in [0, 0.05) is 19.3 Å². The van der Waals surface area contributed by atoms with Gasteiger partial charge < -0.3 is 14.2 Å². The van der Waals surface area contributed by atoms with Crippen molar-refractivity contribution in [3.8, 4) is 0 Å². The highest BCUT2D eigenvalue weighted by molar-refractivity contribution is 6.05. The Morgan fingerprint density at radius 3 is 1.53 bits per heavy atom. The lowest BCUT2D eigenvalue weighted by Gasteiger charge is -2.47. The second-order valence-electron chi connectivity index (χ2n) is 17.9. The van der Waals surface area contributed by atoms with Crippen LogP contribution in [-0.2, 0) is 38.2 Å². The Hall–Kier alpha value is -2.45. The SMILES string of the molecule is CC(C)(C)OC(=O)[C@H]1C[C@@H]2CC(=O)C=C[C@@H]21.CC(C)(C)OC(=O)[C@H]1C[C@@H]2CC(=O)CC[C@@H]21.CC(C)(C)OC(=O)[C@H]1C[C@@H]2CCCC[C@@H]21.[B]C. The number of ether oxygens (including phenoxy) is 3. The van der Waals surface area contributed by atoms with Crippen LogP contribution in [0.1, 0.15) is 133 Å². The molecule has 274 valence electrons. The predicted octanol–water partition coefficient (Wildman–Crippen LogP) is 7.80. The largest absolute Gasteiger partial charge is 0.460 e. The van der Waals surface area contributed by atoms with Crippen LogP contribution in [0.15, 0.2) is 12.2 Å². The van der Waals surface area contributed by atoms with Gasteiger partial charge in [0.2, 0.25) is 0 Å². The van der Waals surface area contributed by atoms with E-state index >= 15 is 0 Å². The number of ketones is 2. The van der Waals surface area contributed by atoms with Crippen LogP contribution in [0.25, 0.3) is 0 Å². The molecule has 8 nitrogen and oxygen atoms in total. The van der Waals surface area contributed by atoms with Gasteiger partial charge in [0.15, 0.2) is 5.78 Å². The topological polar surface area (TPSA) is 113 Å². The van der Waals surface area contributed by atoms with Gasteiger partial charge in [-0.3, -0.25) is 24.0 Å². The Labute approximate surface area is 297 Å². The van der Waals surface area contributed by atoms with Crippen LogP contribution < -0.4 is 0 Å². The molecule has 0 bridgehead atoms. The van der Waals surface area contributed by atoms with Gasteiger partial charge in [0.1, 0.15) is 22.6 Å². The third-order valence-corrected chi connectivity index (χ3v) is 10.6. The summed E-state index contributed by atoms with van der Waals surface area (Å²) in [6.07, 6.45) is 14.3. The van der Waals surface area contributed by atoms with Gasteiger partial charge in [-0.05, 0) is 136 Å². The lowest BCUT2D eigenvalue weighted by molar-refractivity contribution is -0.172. The molecule has 49 heavy (non-hydrogen) atoms. The first-order chi connectivity index (χ1) is 22.7. The van der Waals surface area contributed by atoms with Crippen LogP contribution in [0.4, 0.5) is 0 Å². The average Bonchev–Trinajstić information content (AvgIpc) is 2.91. The summed E-state index contributed by atoms with van der Waals surface area (Å²) in [5.41, 5.74) is -1.14. The van der Waals surface area contributed by atoms with E-state index in [1.165, 1.54) is 32.5 Å². The zero-order valence-electron chi connectivity index (χ0n) is 32.0. The van der Waals surface area contributed by atoms with E-state index < -0.39 is 11.2 Å². The monoisotopic (exact) mass is 682 g/mol. The molecule has 0 N–H and O–H groups in total. The first kappa shape index (κ1) is 41.0. The van der Waals surface area contributed by atoms with Crippen molar-refractivity contribution in [3.63, 3.8) is 0 Å². The number of rotatable bonds is 3. The van der Waals surface area contributed by atoms with Crippen LogP contribution in [0.3, 0.4) is 0 Å². The van der Waals surface area contributed by atoms with Crippen molar-refractivity contribution in [2.45, 2.75) is 157 Å². The number of allylic oxidation sites excluding steroid dienone is 2. The van der Waals surface area contributed by atoms with Crippen LogP contribution in [0.5, 0.6) is 0 Å². The fourth-order valence-corrected chi connectivity index (χ4v) is 8.32. The van der Waals surface area contributed by atoms with E-state index in [1.54, 1.807) is 6.08 Å². The summed E-state index contributed by atoms with van der Waals surface area (Å²) in [6.45, 7) is 18.7. The summed E-state index contributed by atoms with van der Waals surface area (Å²) in [4.78, 5) is 58.0. The minimum absolute atomic E-state index is 0.0337. The second kappa shape index (κ2) is 16.7. The summed E-state index contributed by atoms with van der Waals surface area (Å²) in [6, 6.07) is 0. The van der Waals surface area contributed by atoms with E-state index in [2.05, 4.69) is 7.85 Å². The van der Waals surface area contributed by atoms with Crippen LogP contribution in [0.2, 0.25) is 6.82 Å². The third-order valence-electron chi connectivity index (χ3n) is 10.6. The zero-order valence-corrected chi connectivity index (χ0v) is 32.0. The standard InChI is InChI=1S/C13H20O3.C13H18O3.C13H22O2.CH3B/c2*1-13(2,3)16-12(15)11-7-8-6-9(14)4-5-10(8)11;1-13(2,3)15-12(14)11-8-9-6-4-5-7-10(9)11;1-2/h8,10-11H,4-7H2,1-3H3;4-5,8,10-11H,6-7H2,1-3H3;9-11H,4-8H2,1-3H3;1H3/t2*8-,10-,11-;9-,10-,11-;/m000./s1. The van der Waals surface area contributed by atoms with Crippen molar-refractivity contribution >= 4 is 37.3 Å². The number of carbonyl (C=O) groups excluding carboxylic acids is 5. The molecule has 6 aliphatic rings. The number of Topliss-reactive ketones (excluding diaryl/α,β-unsaturated/α-hetero) is 1. The number of hydrogen-bond donors (Lipinski definition) is 0. The van der Waals surface area contributed by atoms with Crippen LogP contribution >= 0.6 is 0 Å².